The maximum atomic E-state index is 12.4. The molecule has 0 saturated heterocycles. The van der Waals surface area contributed by atoms with Crippen LogP contribution in [-0.4, -0.2) is 20.9 Å². The predicted octanol–water partition coefficient (Wildman–Crippen LogP) is 3.20. The molecule has 7 heteroatoms. The van der Waals surface area contributed by atoms with Crippen molar-refractivity contribution in [3.05, 3.63) is 64.7 Å². The first kappa shape index (κ1) is 19.4. The van der Waals surface area contributed by atoms with Crippen LogP contribution in [0, 0.1) is 5.92 Å². The van der Waals surface area contributed by atoms with Gasteiger partial charge in [0.25, 0.3) is 5.91 Å². The van der Waals surface area contributed by atoms with Crippen molar-refractivity contribution < 1.29 is 13.2 Å². The Kier molecular flexibility index (Phi) is 6.58. The number of benzene rings is 2. The average molecular weight is 381 g/mol. The van der Waals surface area contributed by atoms with Crippen molar-refractivity contribution in [2.45, 2.75) is 25.3 Å². The van der Waals surface area contributed by atoms with Gasteiger partial charge < -0.3 is 5.32 Å². The first-order valence-electron chi connectivity index (χ1n) is 7.91. The monoisotopic (exact) mass is 380 g/mol. The third-order valence-electron chi connectivity index (χ3n) is 3.51. The lowest BCUT2D eigenvalue weighted by molar-refractivity contribution is 0.0949. The highest BCUT2D eigenvalue weighted by Gasteiger charge is 2.15. The summed E-state index contributed by atoms with van der Waals surface area (Å²) in [6.07, 6.45) is 0. The molecule has 0 fully saturated rings. The Hall–Kier alpha value is -1.89. The molecule has 0 bridgehead atoms. The summed E-state index contributed by atoms with van der Waals surface area (Å²) in [5.41, 5.74) is 1.11. The number of amides is 1. The Morgan fingerprint density at radius 3 is 2.32 bits per heavy atom. The molecule has 0 aromatic heterocycles. The minimum atomic E-state index is -3.68. The van der Waals surface area contributed by atoms with Gasteiger partial charge in [-0.2, -0.15) is 0 Å². The first-order valence-corrected chi connectivity index (χ1v) is 9.77. The van der Waals surface area contributed by atoms with Crippen LogP contribution in [0.15, 0.2) is 53.4 Å². The standard InChI is InChI=1S/C18H21ClN2O3S/c1-13(2)11-20-18(22)14-7-9-16(10-8-14)25(23,24)21-12-15-5-3-4-6-17(15)19/h3-10,13,21H,11-12H2,1-2H3,(H,20,22). The van der Waals surface area contributed by atoms with Crippen molar-refractivity contribution in [1.82, 2.24) is 10.0 Å². The maximum absolute atomic E-state index is 12.4. The van der Waals surface area contributed by atoms with Crippen LogP contribution in [0.1, 0.15) is 29.8 Å². The van der Waals surface area contributed by atoms with Gasteiger partial charge in [0, 0.05) is 23.7 Å². The van der Waals surface area contributed by atoms with Crippen molar-refractivity contribution in [3.8, 4) is 0 Å². The molecule has 0 radical (unpaired) electrons. The number of rotatable bonds is 7. The predicted molar refractivity (Wildman–Crippen MR) is 99.1 cm³/mol. The van der Waals surface area contributed by atoms with E-state index in [-0.39, 0.29) is 17.3 Å². The zero-order valence-corrected chi connectivity index (χ0v) is 15.7. The van der Waals surface area contributed by atoms with Gasteiger partial charge in [-0.15, -0.1) is 0 Å². The van der Waals surface area contributed by atoms with Gasteiger partial charge >= 0.3 is 0 Å². The summed E-state index contributed by atoms with van der Waals surface area (Å²) >= 11 is 6.03. The number of halogens is 1. The average Bonchev–Trinajstić information content (AvgIpc) is 2.59. The number of nitrogens with one attached hydrogen (secondary N) is 2. The molecule has 2 aromatic carbocycles. The van der Waals surface area contributed by atoms with Gasteiger partial charge in [-0.25, -0.2) is 13.1 Å². The van der Waals surface area contributed by atoms with E-state index < -0.39 is 10.0 Å². The molecule has 1 amide bonds. The van der Waals surface area contributed by atoms with E-state index in [9.17, 15) is 13.2 Å². The zero-order valence-electron chi connectivity index (χ0n) is 14.1. The summed E-state index contributed by atoms with van der Waals surface area (Å²) in [6.45, 7) is 4.66. The molecule has 0 aliphatic rings. The molecule has 0 saturated carbocycles. The second-order valence-corrected chi connectivity index (χ2v) is 8.22. The van der Waals surface area contributed by atoms with Crippen LogP contribution in [0.3, 0.4) is 0 Å². The van der Waals surface area contributed by atoms with E-state index in [1.54, 1.807) is 24.3 Å². The lowest BCUT2D eigenvalue weighted by Gasteiger charge is -2.10. The Morgan fingerprint density at radius 2 is 1.72 bits per heavy atom. The molecule has 0 aliphatic carbocycles. The molecule has 0 atom stereocenters. The smallest absolute Gasteiger partial charge is 0.251 e. The number of sulfonamides is 1. The Balaban J connectivity index is 2.05. The summed E-state index contributed by atoms with van der Waals surface area (Å²) in [4.78, 5) is 12.1. The van der Waals surface area contributed by atoms with Crippen LogP contribution in [0.5, 0.6) is 0 Å². The highest BCUT2D eigenvalue weighted by molar-refractivity contribution is 7.89. The molecule has 25 heavy (non-hydrogen) atoms. The second kappa shape index (κ2) is 8.47. The Morgan fingerprint density at radius 1 is 1.08 bits per heavy atom. The van der Waals surface area contributed by atoms with Gasteiger partial charge in [-0.3, -0.25) is 4.79 Å². The van der Waals surface area contributed by atoms with Crippen molar-refractivity contribution in [2.75, 3.05) is 6.54 Å². The number of carbonyl (C=O) groups excluding carboxylic acids is 1. The van der Waals surface area contributed by atoms with E-state index >= 15 is 0 Å². The largest absolute Gasteiger partial charge is 0.352 e. The molecule has 2 N–H and O–H groups in total. The quantitative estimate of drug-likeness (QED) is 0.774. The molecule has 0 aliphatic heterocycles. The number of carbonyl (C=O) groups is 1. The van der Waals surface area contributed by atoms with Crippen LogP contribution >= 0.6 is 11.6 Å². The Bertz CT molecular complexity index is 834. The molecule has 5 nitrogen and oxygen atoms in total. The third kappa shape index (κ3) is 5.56. The van der Waals surface area contributed by atoms with Crippen LogP contribution in [0.4, 0.5) is 0 Å². The summed E-state index contributed by atoms with van der Waals surface area (Å²) < 4.78 is 27.2. The molecule has 0 spiro atoms. The lowest BCUT2D eigenvalue weighted by atomic mass is 10.2. The van der Waals surface area contributed by atoms with Crippen LogP contribution < -0.4 is 10.0 Å². The highest BCUT2D eigenvalue weighted by Crippen LogP contribution is 2.16. The van der Waals surface area contributed by atoms with E-state index in [1.807, 2.05) is 13.8 Å². The van der Waals surface area contributed by atoms with Crippen molar-refractivity contribution in [3.63, 3.8) is 0 Å². The fourth-order valence-electron chi connectivity index (χ4n) is 2.08. The number of hydrogen-bond donors (Lipinski definition) is 2. The summed E-state index contributed by atoms with van der Waals surface area (Å²) in [5.74, 6) is 0.124. The molecule has 0 heterocycles. The minimum Gasteiger partial charge on any atom is -0.352 e. The third-order valence-corrected chi connectivity index (χ3v) is 5.29. The SMILES string of the molecule is CC(C)CNC(=O)c1ccc(S(=O)(=O)NCc2ccccc2Cl)cc1. The van der Waals surface area contributed by atoms with E-state index in [4.69, 9.17) is 11.6 Å². The molecule has 134 valence electrons. The van der Waals surface area contributed by atoms with Gasteiger partial charge in [-0.05, 0) is 41.8 Å². The normalized spacial score (nSPS) is 11.5. The zero-order chi connectivity index (χ0) is 18.4. The number of hydrogen-bond acceptors (Lipinski definition) is 3. The van der Waals surface area contributed by atoms with E-state index in [0.717, 1.165) is 0 Å². The summed E-state index contributed by atoms with van der Waals surface area (Å²) in [5, 5.41) is 3.29. The van der Waals surface area contributed by atoms with Crippen molar-refractivity contribution in [2.24, 2.45) is 5.92 Å². The second-order valence-electron chi connectivity index (χ2n) is 6.04. The van der Waals surface area contributed by atoms with Crippen molar-refractivity contribution in [1.29, 1.82) is 0 Å². The van der Waals surface area contributed by atoms with Gasteiger partial charge in [0.2, 0.25) is 10.0 Å². The first-order chi connectivity index (χ1) is 11.8. The topological polar surface area (TPSA) is 75.3 Å². The highest BCUT2D eigenvalue weighted by atomic mass is 35.5. The maximum Gasteiger partial charge on any atom is 0.251 e. The Labute approximate surface area is 153 Å². The summed E-state index contributed by atoms with van der Waals surface area (Å²) in [6, 6.07) is 12.9. The summed E-state index contributed by atoms with van der Waals surface area (Å²) in [7, 11) is -3.68. The van der Waals surface area contributed by atoms with Crippen molar-refractivity contribution >= 4 is 27.5 Å². The molecular formula is C18H21ClN2O3S. The van der Waals surface area contributed by atoms with Crippen LogP contribution in [-0.2, 0) is 16.6 Å². The van der Waals surface area contributed by atoms with Crippen LogP contribution in [0.2, 0.25) is 5.02 Å². The van der Waals surface area contributed by atoms with Gasteiger partial charge in [0.15, 0.2) is 0 Å². The van der Waals surface area contributed by atoms with Gasteiger partial charge in [0.05, 0.1) is 4.90 Å². The molecule has 2 aromatic rings. The van der Waals surface area contributed by atoms with E-state index in [2.05, 4.69) is 10.0 Å². The molecule has 0 unspecified atom stereocenters. The fourth-order valence-corrected chi connectivity index (χ4v) is 3.29. The minimum absolute atomic E-state index is 0.0959. The fraction of sp³-hybridized carbons (Fsp3) is 0.278. The van der Waals surface area contributed by atoms with E-state index in [0.29, 0.717) is 28.6 Å². The van der Waals surface area contributed by atoms with Gasteiger partial charge in [-0.1, -0.05) is 43.6 Å². The molecule has 2 rings (SSSR count). The van der Waals surface area contributed by atoms with E-state index in [1.165, 1.54) is 24.3 Å². The lowest BCUT2D eigenvalue weighted by Crippen LogP contribution is -2.27. The van der Waals surface area contributed by atoms with Crippen LogP contribution in [0.25, 0.3) is 0 Å². The molecular weight excluding hydrogens is 360 g/mol. The van der Waals surface area contributed by atoms with Gasteiger partial charge in [0.1, 0.15) is 0 Å².